The normalized spacial score (nSPS) is 11.7. The van der Waals surface area contributed by atoms with E-state index in [0.717, 1.165) is 11.6 Å². The van der Waals surface area contributed by atoms with E-state index < -0.39 is 0 Å². The van der Waals surface area contributed by atoms with Crippen molar-refractivity contribution in [2.45, 2.75) is 19.3 Å². The molecule has 0 aliphatic heterocycles. The minimum Gasteiger partial charge on any atom is -0.319 e. The molecule has 0 spiro atoms. The van der Waals surface area contributed by atoms with E-state index in [1.807, 2.05) is 19.2 Å². The molecule has 0 radical (unpaired) electrons. The van der Waals surface area contributed by atoms with Gasteiger partial charge in [0.05, 0.1) is 0 Å². The van der Waals surface area contributed by atoms with E-state index in [1.54, 1.807) is 0 Å². The Kier molecular flexibility index (Phi) is 3.34. The van der Waals surface area contributed by atoms with Crippen LogP contribution in [0.1, 0.15) is 19.4 Å². The third-order valence-electron chi connectivity index (χ3n) is 2.24. The molecule has 0 unspecified atom stereocenters. The summed E-state index contributed by atoms with van der Waals surface area (Å²) < 4.78 is 0. The molecule has 13 heavy (non-hydrogen) atoms. The average molecular weight is 198 g/mol. The molecule has 0 aliphatic rings. The summed E-state index contributed by atoms with van der Waals surface area (Å²) in [6.07, 6.45) is 0. The van der Waals surface area contributed by atoms with Gasteiger partial charge in [-0.2, -0.15) is 0 Å². The molecular formula is C11H16ClN. The van der Waals surface area contributed by atoms with E-state index in [0.29, 0.717) is 0 Å². The molecule has 0 atom stereocenters. The number of hydrogen-bond acceptors (Lipinski definition) is 1. The lowest BCUT2D eigenvalue weighted by Crippen LogP contribution is -2.30. The first-order chi connectivity index (χ1) is 6.06. The minimum atomic E-state index is 0.166. The van der Waals surface area contributed by atoms with E-state index in [-0.39, 0.29) is 5.41 Å². The van der Waals surface area contributed by atoms with Crippen LogP contribution in [0.15, 0.2) is 24.3 Å². The number of nitrogens with one attached hydrogen (secondary N) is 1. The van der Waals surface area contributed by atoms with Crippen LogP contribution in [0.2, 0.25) is 5.02 Å². The molecule has 2 heteroatoms. The molecule has 0 fully saturated rings. The summed E-state index contributed by atoms with van der Waals surface area (Å²) in [5.74, 6) is 0. The molecule has 1 nitrogen and oxygen atoms in total. The van der Waals surface area contributed by atoms with Crippen molar-refractivity contribution in [1.82, 2.24) is 5.32 Å². The lowest BCUT2D eigenvalue weighted by atomic mass is 9.85. The summed E-state index contributed by atoms with van der Waals surface area (Å²) in [7, 11) is 1.97. The SMILES string of the molecule is CNCC(C)(C)c1ccc(Cl)cc1. The van der Waals surface area contributed by atoms with Crippen LogP contribution in [-0.4, -0.2) is 13.6 Å². The van der Waals surface area contributed by atoms with Crippen molar-refractivity contribution >= 4 is 11.6 Å². The fourth-order valence-corrected chi connectivity index (χ4v) is 1.57. The number of benzene rings is 1. The van der Waals surface area contributed by atoms with Crippen LogP contribution in [0.4, 0.5) is 0 Å². The summed E-state index contributed by atoms with van der Waals surface area (Å²) in [5, 5.41) is 3.98. The predicted molar refractivity (Wildman–Crippen MR) is 58.4 cm³/mol. The molecule has 0 amide bonds. The van der Waals surface area contributed by atoms with Crippen molar-refractivity contribution in [2.75, 3.05) is 13.6 Å². The summed E-state index contributed by atoms with van der Waals surface area (Å²) >= 11 is 5.82. The maximum absolute atomic E-state index is 5.82. The van der Waals surface area contributed by atoms with Gasteiger partial charge >= 0.3 is 0 Å². The van der Waals surface area contributed by atoms with Crippen molar-refractivity contribution in [3.63, 3.8) is 0 Å². The molecule has 1 rings (SSSR count). The van der Waals surface area contributed by atoms with Gasteiger partial charge in [-0.05, 0) is 24.7 Å². The molecule has 1 aromatic carbocycles. The number of rotatable bonds is 3. The zero-order chi connectivity index (χ0) is 9.90. The summed E-state index contributed by atoms with van der Waals surface area (Å²) in [6.45, 7) is 5.40. The van der Waals surface area contributed by atoms with Crippen LogP contribution in [-0.2, 0) is 5.41 Å². The highest BCUT2D eigenvalue weighted by atomic mass is 35.5. The van der Waals surface area contributed by atoms with Crippen LogP contribution in [0.25, 0.3) is 0 Å². The average Bonchev–Trinajstić information content (AvgIpc) is 2.05. The first kappa shape index (κ1) is 10.6. The summed E-state index contributed by atoms with van der Waals surface area (Å²) in [6, 6.07) is 8.04. The van der Waals surface area contributed by atoms with Gasteiger partial charge in [-0.3, -0.25) is 0 Å². The maximum Gasteiger partial charge on any atom is 0.0406 e. The highest BCUT2D eigenvalue weighted by Crippen LogP contribution is 2.23. The minimum absolute atomic E-state index is 0.166. The van der Waals surface area contributed by atoms with Gasteiger partial charge in [-0.25, -0.2) is 0 Å². The Morgan fingerprint density at radius 3 is 2.23 bits per heavy atom. The van der Waals surface area contributed by atoms with Gasteiger partial charge < -0.3 is 5.32 Å². The molecule has 0 saturated carbocycles. The van der Waals surface area contributed by atoms with Gasteiger partial charge in [0.2, 0.25) is 0 Å². The second-order valence-corrected chi connectivity index (χ2v) is 4.36. The van der Waals surface area contributed by atoms with Crippen molar-refractivity contribution in [2.24, 2.45) is 0 Å². The lowest BCUT2D eigenvalue weighted by molar-refractivity contribution is 0.494. The lowest BCUT2D eigenvalue weighted by Gasteiger charge is -2.24. The first-order valence-corrected chi connectivity index (χ1v) is 4.85. The zero-order valence-electron chi connectivity index (χ0n) is 8.39. The summed E-state index contributed by atoms with van der Waals surface area (Å²) in [4.78, 5) is 0. The second kappa shape index (κ2) is 4.12. The Hall–Kier alpha value is -0.530. The van der Waals surface area contributed by atoms with Gasteiger partial charge in [0.25, 0.3) is 0 Å². The Bertz CT molecular complexity index is 264. The molecule has 1 N–H and O–H groups in total. The van der Waals surface area contributed by atoms with E-state index in [2.05, 4.69) is 31.3 Å². The van der Waals surface area contributed by atoms with Crippen LogP contribution < -0.4 is 5.32 Å². The Labute approximate surface area is 85.1 Å². The maximum atomic E-state index is 5.82. The number of hydrogen-bond donors (Lipinski definition) is 1. The smallest absolute Gasteiger partial charge is 0.0406 e. The third-order valence-corrected chi connectivity index (χ3v) is 2.50. The van der Waals surface area contributed by atoms with Crippen molar-refractivity contribution in [3.05, 3.63) is 34.9 Å². The van der Waals surface area contributed by atoms with E-state index in [4.69, 9.17) is 11.6 Å². The fourth-order valence-electron chi connectivity index (χ4n) is 1.45. The quantitative estimate of drug-likeness (QED) is 0.786. The standard InChI is InChI=1S/C11H16ClN/c1-11(2,8-13-3)9-4-6-10(12)7-5-9/h4-7,13H,8H2,1-3H3. The second-order valence-electron chi connectivity index (χ2n) is 3.92. The van der Waals surface area contributed by atoms with Crippen LogP contribution in [0.5, 0.6) is 0 Å². The third kappa shape index (κ3) is 2.71. The monoisotopic (exact) mass is 197 g/mol. The van der Waals surface area contributed by atoms with Crippen LogP contribution >= 0.6 is 11.6 Å². The van der Waals surface area contributed by atoms with Crippen molar-refractivity contribution < 1.29 is 0 Å². The van der Waals surface area contributed by atoms with Crippen molar-refractivity contribution in [1.29, 1.82) is 0 Å². The summed E-state index contributed by atoms with van der Waals surface area (Å²) in [5.41, 5.74) is 1.48. The number of likely N-dealkylation sites (N-methyl/N-ethyl adjacent to an activating group) is 1. The highest BCUT2D eigenvalue weighted by molar-refractivity contribution is 6.30. The topological polar surface area (TPSA) is 12.0 Å². The van der Waals surface area contributed by atoms with Crippen molar-refractivity contribution in [3.8, 4) is 0 Å². The Morgan fingerprint density at radius 2 is 1.77 bits per heavy atom. The fraction of sp³-hybridized carbons (Fsp3) is 0.455. The van der Waals surface area contributed by atoms with Gasteiger partial charge in [-0.15, -0.1) is 0 Å². The van der Waals surface area contributed by atoms with E-state index >= 15 is 0 Å². The van der Waals surface area contributed by atoms with E-state index in [1.165, 1.54) is 5.56 Å². The Balaban J connectivity index is 2.87. The van der Waals surface area contributed by atoms with Gasteiger partial charge in [0, 0.05) is 17.0 Å². The molecule has 0 heterocycles. The first-order valence-electron chi connectivity index (χ1n) is 4.47. The van der Waals surface area contributed by atoms with E-state index in [9.17, 15) is 0 Å². The van der Waals surface area contributed by atoms with Gasteiger partial charge in [0.15, 0.2) is 0 Å². The molecule has 0 aromatic heterocycles. The molecule has 0 saturated heterocycles. The van der Waals surface area contributed by atoms with Crippen LogP contribution in [0.3, 0.4) is 0 Å². The Morgan fingerprint density at radius 1 is 1.23 bits per heavy atom. The molecular weight excluding hydrogens is 182 g/mol. The molecule has 0 aliphatic carbocycles. The predicted octanol–water partition coefficient (Wildman–Crippen LogP) is 2.84. The van der Waals surface area contributed by atoms with Crippen LogP contribution in [0, 0.1) is 0 Å². The molecule has 72 valence electrons. The zero-order valence-corrected chi connectivity index (χ0v) is 9.15. The molecule has 0 bridgehead atoms. The van der Waals surface area contributed by atoms with Gasteiger partial charge in [-0.1, -0.05) is 37.6 Å². The number of halogens is 1. The molecule has 1 aromatic rings. The largest absolute Gasteiger partial charge is 0.319 e. The highest BCUT2D eigenvalue weighted by Gasteiger charge is 2.18. The van der Waals surface area contributed by atoms with Gasteiger partial charge in [0.1, 0.15) is 0 Å².